The Hall–Kier alpha value is -0.620. The van der Waals surface area contributed by atoms with Crippen LogP contribution in [0.1, 0.15) is 27.7 Å². The first-order valence-electron chi connectivity index (χ1n) is 5.26. The number of rotatable bonds is 5. The van der Waals surface area contributed by atoms with Gasteiger partial charge in [0.05, 0.1) is 0 Å². The standard InChI is InChI=1S/C10H22N2O3S/c1-8(2)12(7-6-11)9(13)10(3,4)16(5,14)15/h8H,6-7,11H2,1-5H3. The molecule has 0 aromatic heterocycles. The molecule has 16 heavy (non-hydrogen) atoms. The van der Waals surface area contributed by atoms with Gasteiger partial charge in [0.2, 0.25) is 5.91 Å². The van der Waals surface area contributed by atoms with Crippen LogP contribution in [-0.2, 0) is 14.6 Å². The number of nitrogens with two attached hydrogens (primary N) is 1. The fraction of sp³-hybridized carbons (Fsp3) is 0.900. The van der Waals surface area contributed by atoms with E-state index in [1.54, 1.807) is 0 Å². The maximum Gasteiger partial charge on any atom is 0.243 e. The van der Waals surface area contributed by atoms with E-state index in [-0.39, 0.29) is 6.04 Å². The Morgan fingerprint density at radius 2 is 1.81 bits per heavy atom. The van der Waals surface area contributed by atoms with E-state index >= 15 is 0 Å². The first kappa shape index (κ1) is 15.4. The van der Waals surface area contributed by atoms with E-state index in [0.717, 1.165) is 6.26 Å². The lowest BCUT2D eigenvalue weighted by molar-refractivity contribution is -0.134. The summed E-state index contributed by atoms with van der Waals surface area (Å²) in [5.41, 5.74) is 5.41. The van der Waals surface area contributed by atoms with Gasteiger partial charge >= 0.3 is 0 Å². The highest BCUT2D eigenvalue weighted by atomic mass is 32.2. The molecule has 0 fully saturated rings. The van der Waals surface area contributed by atoms with Crippen molar-refractivity contribution in [2.45, 2.75) is 38.5 Å². The van der Waals surface area contributed by atoms with Gasteiger partial charge in [-0.1, -0.05) is 0 Å². The summed E-state index contributed by atoms with van der Waals surface area (Å²) in [4.78, 5) is 13.6. The van der Waals surface area contributed by atoms with Crippen molar-refractivity contribution in [3.05, 3.63) is 0 Å². The molecule has 0 aliphatic carbocycles. The van der Waals surface area contributed by atoms with Crippen LogP contribution in [0.3, 0.4) is 0 Å². The molecule has 96 valence electrons. The smallest absolute Gasteiger partial charge is 0.243 e. The monoisotopic (exact) mass is 250 g/mol. The number of amides is 1. The Balaban J connectivity index is 5.16. The predicted molar refractivity (Wildman–Crippen MR) is 64.8 cm³/mol. The molecule has 0 saturated heterocycles. The van der Waals surface area contributed by atoms with Crippen molar-refractivity contribution in [3.63, 3.8) is 0 Å². The van der Waals surface area contributed by atoms with E-state index < -0.39 is 20.5 Å². The third kappa shape index (κ3) is 3.18. The largest absolute Gasteiger partial charge is 0.338 e. The molecule has 0 radical (unpaired) electrons. The highest BCUT2D eigenvalue weighted by Crippen LogP contribution is 2.19. The summed E-state index contributed by atoms with van der Waals surface area (Å²) in [5.74, 6) is -0.393. The molecule has 1 amide bonds. The Labute approximate surface area is 97.9 Å². The summed E-state index contributed by atoms with van der Waals surface area (Å²) in [7, 11) is -3.43. The average Bonchev–Trinajstić information content (AvgIpc) is 2.10. The number of nitrogens with zero attached hydrogens (tertiary/aromatic N) is 1. The molecule has 0 rings (SSSR count). The van der Waals surface area contributed by atoms with Gasteiger partial charge < -0.3 is 10.6 Å². The molecular weight excluding hydrogens is 228 g/mol. The van der Waals surface area contributed by atoms with Crippen LogP contribution in [0.4, 0.5) is 0 Å². The zero-order valence-corrected chi connectivity index (χ0v) is 11.5. The highest BCUT2D eigenvalue weighted by molar-refractivity contribution is 7.92. The zero-order valence-electron chi connectivity index (χ0n) is 10.6. The molecule has 0 aromatic rings. The van der Waals surface area contributed by atoms with Gasteiger partial charge in [0, 0.05) is 25.4 Å². The highest BCUT2D eigenvalue weighted by Gasteiger charge is 2.41. The Kier molecular flexibility index (Phi) is 4.94. The molecule has 0 aliphatic heterocycles. The number of sulfone groups is 1. The number of carbonyl (C=O) groups is 1. The van der Waals surface area contributed by atoms with Crippen molar-refractivity contribution >= 4 is 15.7 Å². The molecule has 0 aromatic carbocycles. The SMILES string of the molecule is CC(C)N(CCN)C(=O)C(C)(C)S(C)(=O)=O. The normalized spacial score (nSPS) is 12.9. The van der Waals surface area contributed by atoms with E-state index in [9.17, 15) is 13.2 Å². The van der Waals surface area contributed by atoms with Crippen LogP contribution in [0.2, 0.25) is 0 Å². The topological polar surface area (TPSA) is 80.5 Å². The Morgan fingerprint density at radius 1 is 1.38 bits per heavy atom. The fourth-order valence-corrected chi connectivity index (χ4v) is 1.67. The number of hydrogen-bond acceptors (Lipinski definition) is 4. The molecule has 0 unspecified atom stereocenters. The van der Waals surface area contributed by atoms with Gasteiger partial charge in [-0.3, -0.25) is 4.79 Å². The molecular formula is C10H22N2O3S. The summed E-state index contributed by atoms with van der Waals surface area (Å²) in [5, 5.41) is 0. The van der Waals surface area contributed by atoms with Gasteiger partial charge in [-0.05, 0) is 27.7 Å². The van der Waals surface area contributed by atoms with Gasteiger partial charge in [-0.2, -0.15) is 0 Å². The summed E-state index contributed by atoms with van der Waals surface area (Å²) in [6.07, 6.45) is 1.08. The first-order chi connectivity index (χ1) is 7.05. The third-order valence-corrected chi connectivity index (χ3v) is 4.72. The molecule has 0 aliphatic rings. The second kappa shape index (κ2) is 5.14. The van der Waals surface area contributed by atoms with Gasteiger partial charge in [-0.15, -0.1) is 0 Å². The molecule has 0 bridgehead atoms. The van der Waals surface area contributed by atoms with Crippen molar-refractivity contribution in [2.75, 3.05) is 19.3 Å². The van der Waals surface area contributed by atoms with E-state index in [1.807, 2.05) is 13.8 Å². The summed E-state index contributed by atoms with van der Waals surface area (Å²) in [6, 6.07) is -0.0583. The molecule has 5 nitrogen and oxygen atoms in total. The minimum Gasteiger partial charge on any atom is -0.338 e. The summed E-state index contributed by atoms with van der Waals surface area (Å²) < 4.78 is 21.7. The molecule has 2 N–H and O–H groups in total. The van der Waals surface area contributed by atoms with Gasteiger partial charge in [0.25, 0.3) is 0 Å². The van der Waals surface area contributed by atoms with Crippen LogP contribution in [0, 0.1) is 0 Å². The summed E-state index contributed by atoms with van der Waals surface area (Å²) >= 11 is 0. The summed E-state index contributed by atoms with van der Waals surface area (Å²) in [6.45, 7) is 7.23. The fourth-order valence-electron chi connectivity index (χ4n) is 1.24. The predicted octanol–water partition coefficient (Wildman–Crippen LogP) is 0.00530. The number of carbonyl (C=O) groups excluding carboxylic acids is 1. The average molecular weight is 250 g/mol. The molecule has 0 heterocycles. The van der Waals surface area contributed by atoms with Crippen LogP contribution in [0.5, 0.6) is 0 Å². The van der Waals surface area contributed by atoms with Crippen molar-refractivity contribution in [2.24, 2.45) is 5.73 Å². The first-order valence-corrected chi connectivity index (χ1v) is 7.15. The van der Waals surface area contributed by atoms with Crippen molar-refractivity contribution in [1.82, 2.24) is 4.90 Å². The lowest BCUT2D eigenvalue weighted by Gasteiger charge is -2.33. The van der Waals surface area contributed by atoms with Crippen LogP contribution in [0.25, 0.3) is 0 Å². The maximum atomic E-state index is 12.1. The van der Waals surface area contributed by atoms with E-state index in [4.69, 9.17) is 5.73 Å². The van der Waals surface area contributed by atoms with Crippen LogP contribution < -0.4 is 5.73 Å². The van der Waals surface area contributed by atoms with Crippen molar-refractivity contribution < 1.29 is 13.2 Å². The third-order valence-electron chi connectivity index (χ3n) is 2.70. The minimum absolute atomic E-state index is 0.0583. The van der Waals surface area contributed by atoms with Crippen molar-refractivity contribution in [3.8, 4) is 0 Å². The van der Waals surface area contributed by atoms with Crippen LogP contribution >= 0.6 is 0 Å². The maximum absolute atomic E-state index is 12.1. The second-order valence-electron chi connectivity index (χ2n) is 4.66. The van der Waals surface area contributed by atoms with E-state index in [1.165, 1.54) is 18.7 Å². The van der Waals surface area contributed by atoms with E-state index in [2.05, 4.69) is 0 Å². The minimum atomic E-state index is -3.43. The Bertz CT molecular complexity index is 347. The number of hydrogen-bond donors (Lipinski definition) is 1. The quantitative estimate of drug-likeness (QED) is 0.745. The van der Waals surface area contributed by atoms with Crippen molar-refractivity contribution in [1.29, 1.82) is 0 Å². The van der Waals surface area contributed by atoms with Gasteiger partial charge in [0.1, 0.15) is 4.75 Å². The lowest BCUT2D eigenvalue weighted by Crippen LogP contribution is -2.53. The Morgan fingerprint density at radius 3 is 2.06 bits per heavy atom. The van der Waals surface area contributed by atoms with Crippen LogP contribution in [0.15, 0.2) is 0 Å². The lowest BCUT2D eigenvalue weighted by atomic mass is 10.1. The zero-order chi connectivity index (χ0) is 13.1. The molecule has 0 atom stereocenters. The molecule has 0 saturated carbocycles. The van der Waals surface area contributed by atoms with E-state index in [0.29, 0.717) is 13.1 Å². The van der Waals surface area contributed by atoms with Gasteiger partial charge in [0.15, 0.2) is 9.84 Å². The molecule has 6 heteroatoms. The van der Waals surface area contributed by atoms with Gasteiger partial charge in [-0.25, -0.2) is 8.42 Å². The second-order valence-corrected chi connectivity index (χ2v) is 7.23. The van der Waals surface area contributed by atoms with Crippen LogP contribution in [-0.4, -0.2) is 49.4 Å². The molecule has 0 spiro atoms.